The fourth-order valence-electron chi connectivity index (χ4n) is 0.770. The Morgan fingerprint density at radius 3 is 2.62 bits per heavy atom. The molecule has 0 fully saturated rings. The molecule has 0 heterocycles. The zero-order chi connectivity index (χ0) is 10.0. The zero-order valence-corrected chi connectivity index (χ0v) is 7.62. The first-order chi connectivity index (χ1) is 6.11. The summed E-state index contributed by atoms with van der Waals surface area (Å²) in [5.41, 5.74) is -0.689. The van der Waals surface area contributed by atoms with Crippen LogP contribution in [0.15, 0.2) is 6.07 Å². The maximum atomic E-state index is 13.1. The van der Waals surface area contributed by atoms with Gasteiger partial charge >= 0.3 is 0 Å². The van der Waals surface area contributed by atoms with Crippen molar-refractivity contribution in [3.63, 3.8) is 0 Å². The molecular formula is C8HCl2FN2. The standard InChI is InChI=1S/C8HCl2FN2/c1-13-6-2-5(9)7(10)4(3-12)8(6)11/h2H. The summed E-state index contributed by atoms with van der Waals surface area (Å²) >= 11 is 11.1. The first-order valence-corrected chi connectivity index (χ1v) is 3.82. The van der Waals surface area contributed by atoms with Crippen molar-refractivity contribution in [2.45, 2.75) is 0 Å². The van der Waals surface area contributed by atoms with Crippen LogP contribution >= 0.6 is 23.2 Å². The summed E-state index contributed by atoms with van der Waals surface area (Å²) in [4.78, 5) is 2.86. The van der Waals surface area contributed by atoms with Gasteiger partial charge in [0.25, 0.3) is 0 Å². The highest BCUT2D eigenvalue weighted by Crippen LogP contribution is 2.33. The molecule has 2 nitrogen and oxygen atoms in total. The molecule has 1 aromatic rings. The molecule has 64 valence electrons. The van der Waals surface area contributed by atoms with Gasteiger partial charge in [-0.3, -0.25) is 0 Å². The van der Waals surface area contributed by atoms with E-state index < -0.39 is 5.82 Å². The van der Waals surface area contributed by atoms with E-state index in [-0.39, 0.29) is 21.3 Å². The van der Waals surface area contributed by atoms with Crippen molar-refractivity contribution in [2.75, 3.05) is 0 Å². The predicted molar refractivity (Wildman–Crippen MR) is 47.4 cm³/mol. The first-order valence-electron chi connectivity index (χ1n) is 3.07. The normalized spacial score (nSPS) is 9.00. The lowest BCUT2D eigenvalue weighted by atomic mass is 10.2. The average molecular weight is 215 g/mol. The molecule has 0 saturated carbocycles. The minimum Gasteiger partial charge on any atom is -0.235 e. The van der Waals surface area contributed by atoms with Crippen molar-refractivity contribution in [1.29, 1.82) is 5.26 Å². The van der Waals surface area contributed by atoms with Gasteiger partial charge in [-0.15, -0.1) is 0 Å². The van der Waals surface area contributed by atoms with Gasteiger partial charge in [-0.1, -0.05) is 23.2 Å². The number of benzene rings is 1. The number of rotatable bonds is 0. The molecule has 0 aliphatic heterocycles. The summed E-state index contributed by atoms with van der Waals surface area (Å²) < 4.78 is 13.1. The molecule has 0 saturated heterocycles. The van der Waals surface area contributed by atoms with Crippen LogP contribution in [0.5, 0.6) is 0 Å². The second kappa shape index (κ2) is 3.62. The monoisotopic (exact) mass is 214 g/mol. The summed E-state index contributed by atoms with van der Waals surface area (Å²) in [6.07, 6.45) is 0. The Morgan fingerprint density at radius 2 is 2.15 bits per heavy atom. The van der Waals surface area contributed by atoms with Crippen LogP contribution in [0.1, 0.15) is 5.56 Å². The minimum absolute atomic E-state index is 0.00520. The fourth-order valence-corrected chi connectivity index (χ4v) is 1.15. The SMILES string of the molecule is [C-]#[N+]c1cc(Cl)c(Cl)c(C#N)c1F. The van der Waals surface area contributed by atoms with Crippen LogP contribution in [-0.4, -0.2) is 0 Å². The van der Waals surface area contributed by atoms with Gasteiger partial charge in [0.1, 0.15) is 11.9 Å². The highest BCUT2D eigenvalue weighted by Gasteiger charge is 2.15. The molecule has 0 aliphatic carbocycles. The van der Waals surface area contributed by atoms with E-state index >= 15 is 0 Å². The van der Waals surface area contributed by atoms with Gasteiger partial charge in [0.05, 0.1) is 22.2 Å². The summed E-state index contributed by atoms with van der Waals surface area (Å²) in [6, 6.07) is 2.63. The third-order valence-corrected chi connectivity index (χ3v) is 2.16. The third-order valence-electron chi connectivity index (χ3n) is 1.37. The highest BCUT2D eigenvalue weighted by atomic mass is 35.5. The van der Waals surface area contributed by atoms with Crippen molar-refractivity contribution in [3.05, 3.63) is 38.9 Å². The molecule has 0 atom stereocenters. The second-order valence-corrected chi connectivity index (χ2v) is 2.89. The van der Waals surface area contributed by atoms with E-state index in [4.69, 9.17) is 35.0 Å². The largest absolute Gasteiger partial charge is 0.235 e. The van der Waals surface area contributed by atoms with E-state index in [1.807, 2.05) is 0 Å². The van der Waals surface area contributed by atoms with Gasteiger partial charge in [-0.05, 0) is 6.07 Å². The van der Waals surface area contributed by atoms with Gasteiger partial charge in [0.15, 0.2) is 0 Å². The molecule has 0 spiro atoms. The Morgan fingerprint density at radius 1 is 1.54 bits per heavy atom. The topological polar surface area (TPSA) is 28.1 Å². The molecule has 0 aliphatic rings. The van der Waals surface area contributed by atoms with Gasteiger partial charge in [0, 0.05) is 0 Å². The molecule has 0 unspecified atom stereocenters. The molecule has 0 bridgehead atoms. The number of nitriles is 1. The number of hydrogen-bond acceptors (Lipinski definition) is 1. The summed E-state index contributed by atoms with van der Waals surface area (Å²) in [5, 5.41) is 8.35. The van der Waals surface area contributed by atoms with Crippen LogP contribution in [-0.2, 0) is 0 Å². The van der Waals surface area contributed by atoms with E-state index in [1.165, 1.54) is 0 Å². The number of nitrogens with zero attached hydrogens (tertiary/aromatic N) is 2. The van der Waals surface area contributed by atoms with Crippen LogP contribution in [0, 0.1) is 23.7 Å². The van der Waals surface area contributed by atoms with Crippen LogP contribution in [0.2, 0.25) is 10.0 Å². The van der Waals surface area contributed by atoms with Gasteiger partial charge in [-0.25, -0.2) is 9.24 Å². The minimum atomic E-state index is -0.924. The summed E-state index contributed by atoms with van der Waals surface area (Å²) in [5.74, 6) is -0.924. The van der Waals surface area contributed by atoms with Crippen molar-refractivity contribution in [3.8, 4) is 6.07 Å². The molecule has 0 amide bonds. The molecule has 1 rings (SSSR count). The third kappa shape index (κ3) is 1.58. The average Bonchev–Trinajstić information content (AvgIpc) is 2.12. The van der Waals surface area contributed by atoms with Crippen LogP contribution in [0.3, 0.4) is 0 Å². The smallest absolute Gasteiger partial charge is 0.225 e. The fraction of sp³-hybridized carbons (Fsp3) is 0. The van der Waals surface area contributed by atoms with Gasteiger partial charge in [-0.2, -0.15) is 5.26 Å². The molecular weight excluding hydrogens is 214 g/mol. The van der Waals surface area contributed by atoms with Crippen LogP contribution in [0.4, 0.5) is 10.1 Å². The van der Waals surface area contributed by atoms with Crippen molar-refractivity contribution in [1.82, 2.24) is 0 Å². The Labute approximate surface area is 83.9 Å². The quantitative estimate of drug-likeness (QED) is 0.480. The number of hydrogen-bond donors (Lipinski definition) is 0. The van der Waals surface area contributed by atoms with Crippen molar-refractivity contribution in [2.24, 2.45) is 0 Å². The summed E-state index contributed by atoms with van der Waals surface area (Å²) in [7, 11) is 0. The predicted octanol–water partition coefficient (Wildman–Crippen LogP) is 3.55. The summed E-state index contributed by atoms with van der Waals surface area (Å²) in [6.45, 7) is 6.60. The second-order valence-electron chi connectivity index (χ2n) is 2.10. The molecule has 0 N–H and O–H groups in total. The van der Waals surface area contributed by atoms with Crippen molar-refractivity contribution >= 4 is 28.9 Å². The lowest BCUT2D eigenvalue weighted by molar-refractivity contribution is 0.630. The first kappa shape index (κ1) is 9.80. The van der Waals surface area contributed by atoms with E-state index in [2.05, 4.69) is 4.85 Å². The maximum absolute atomic E-state index is 13.1. The molecule has 5 heteroatoms. The molecule has 1 aromatic carbocycles. The maximum Gasteiger partial charge on any atom is 0.225 e. The Hall–Kier alpha value is -1.29. The number of halogens is 3. The lowest BCUT2D eigenvalue weighted by Gasteiger charge is -2.01. The van der Waals surface area contributed by atoms with E-state index in [0.717, 1.165) is 6.07 Å². The van der Waals surface area contributed by atoms with E-state index in [1.54, 1.807) is 6.07 Å². The van der Waals surface area contributed by atoms with Crippen LogP contribution in [0.25, 0.3) is 4.85 Å². The van der Waals surface area contributed by atoms with Crippen LogP contribution < -0.4 is 0 Å². The Kier molecular flexibility index (Phi) is 2.72. The zero-order valence-electron chi connectivity index (χ0n) is 6.11. The molecule has 0 radical (unpaired) electrons. The van der Waals surface area contributed by atoms with Gasteiger partial charge in [0.2, 0.25) is 5.69 Å². The van der Waals surface area contributed by atoms with Gasteiger partial charge < -0.3 is 0 Å². The van der Waals surface area contributed by atoms with E-state index in [0.29, 0.717) is 0 Å². The highest BCUT2D eigenvalue weighted by molar-refractivity contribution is 6.43. The molecule has 0 aromatic heterocycles. The van der Waals surface area contributed by atoms with Crippen molar-refractivity contribution < 1.29 is 4.39 Å². The van der Waals surface area contributed by atoms with E-state index in [9.17, 15) is 4.39 Å². The Bertz CT molecular complexity index is 443. The Balaban J connectivity index is 3.63. The molecule has 13 heavy (non-hydrogen) atoms. The lowest BCUT2D eigenvalue weighted by Crippen LogP contribution is -1.86.